The first-order valence-electron chi connectivity index (χ1n) is 24.8. The van der Waals surface area contributed by atoms with Crippen LogP contribution in [-0.4, -0.2) is 136 Å². The molecule has 3 rings (SSSR count). The number of ketones is 3. The number of primary amides is 1. The van der Waals surface area contributed by atoms with Crippen LogP contribution in [0.1, 0.15) is 99.1 Å². The fraction of sp³-hybridized carbons (Fsp3) is 0.431. The van der Waals surface area contributed by atoms with E-state index in [1.54, 1.807) is 18.2 Å². The zero-order valence-electron chi connectivity index (χ0n) is 44.3. The average Bonchev–Trinajstić information content (AvgIpc) is 3.40. The van der Waals surface area contributed by atoms with E-state index in [9.17, 15) is 33.6 Å². The quantitative estimate of drug-likeness (QED) is 0.0168. The standard InChI is InChI=1S/C51H75N17O10/c1-76-41-15-12-28(25-38(69)34(52)8-4-18-62-48(54)55)22-31(41)45(73)66-35(9-5-19-63-49(56)57)39(70)26-29-13-16-42(77-2)32(23-29)46(74)67-36(10-6-20-64-50(58)59)40(71)27-30-14-17-43(78-3)33(24-30)47(75)68-37(44(53)72)11-7-21-65-51(60)61/h12-17,22-24,34-37H,4-11,18-21,25-27,52H2,1-3H3,(H2,53,72)(H,66,73)(H,67,74)(H,68,75)(H4,54,55,62)(H4,56,57,63)(H4,58,59,64)(H4,60,61,65)/t34-,35-,36-,37-/m1/s1. The largest absolute Gasteiger partial charge is 0.496 e. The lowest BCUT2D eigenvalue weighted by atomic mass is 9.96. The number of nitrogens with two attached hydrogens (primary N) is 10. The molecule has 0 fully saturated rings. The summed E-state index contributed by atoms with van der Waals surface area (Å²) in [6.07, 6.45) is 1.33. The van der Waals surface area contributed by atoms with Crippen molar-refractivity contribution >= 4 is 64.8 Å². The fourth-order valence-corrected chi connectivity index (χ4v) is 7.92. The Kier molecular flexibility index (Phi) is 26.3. The molecule has 0 aliphatic rings. The topological polar surface area (TPSA) is 493 Å². The lowest BCUT2D eigenvalue weighted by Crippen LogP contribution is -2.44. The molecule has 424 valence electrons. The first-order chi connectivity index (χ1) is 37.1. The minimum absolute atomic E-state index is 0.00554. The number of Topliss-reactive ketones (excluding diaryl/α,β-unsaturated/α-hetero) is 3. The summed E-state index contributed by atoms with van der Waals surface area (Å²) in [5, 5.41) is 8.21. The van der Waals surface area contributed by atoms with Gasteiger partial charge in [-0.2, -0.15) is 0 Å². The van der Waals surface area contributed by atoms with E-state index in [-0.39, 0.29) is 135 Å². The van der Waals surface area contributed by atoms with Gasteiger partial charge in [-0.25, -0.2) is 0 Å². The molecule has 0 saturated carbocycles. The first kappa shape index (κ1) is 63.3. The van der Waals surface area contributed by atoms with E-state index in [0.29, 0.717) is 42.5 Å². The molecular weight excluding hydrogens is 1010 g/mol. The number of nitrogens with one attached hydrogen (secondary N) is 3. The summed E-state index contributed by atoms with van der Waals surface area (Å²) in [5.41, 5.74) is 56.6. The Balaban J connectivity index is 1.90. The van der Waals surface area contributed by atoms with Crippen LogP contribution < -0.4 is 87.5 Å². The molecule has 0 unspecified atom stereocenters. The number of carbonyl (C=O) groups is 7. The molecule has 0 aliphatic carbocycles. The summed E-state index contributed by atoms with van der Waals surface area (Å²) in [7, 11) is 4.06. The number of aliphatic imine (C=N–C) groups is 4. The van der Waals surface area contributed by atoms with E-state index in [1.807, 2.05) is 0 Å². The number of hydrogen-bond acceptors (Lipinski definition) is 15. The molecule has 0 saturated heterocycles. The second-order valence-corrected chi connectivity index (χ2v) is 17.9. The number of guanidine groups is 4. The molecule has 3 aromatic carbocycles. The summed E-state index contributed by atoms with van der Waals surface area (Å²) >= 11 is 0. The molecule has 4 atom stereocenters. The molecule has 3 aromatic rings. The molecule has 0 heterocycles. The Morgan fingerprint density at radius 2 is 0.705 bits per heavy atom. The van der Waals surface area contributed by atoms with Gasteiger partial charge in [-0.15, -0.1) is 0 Å². The monoisotopic (exact) mass is 1090 g/mol. The van der Waals surface area contributed by atoms with Crippen LogP contribution in [0.25, 0.3) is 0 Å². The van der Waals surface area contributed by atoms with Gasteiger partial charge in [0.1, 0.15) is 23.3 Å². The van der Waals surface area contributed by atoms with Crippen molar-refractivity contribution in [3.63, 3.8) is 0 Å². The molecule has 0 aliphatic heterocycles. The third kappa shape index (κ3) is 21.7. The lowest BCUT2D eigenvalue weighted by Gasteiger charge is -2.21. The number of ether oxygens (including phenoxy) is 3. The highest BCUT2D eigenvalue weighted by molar-refractivity contribution is 6.03. The van der Waals surface area contributed by atoms with Gasteiger partial charge in [0.05, 0.1) is 56.1 Å². The molecule has 0 spiro atoms. The third-order valence-corrected chi connectivity index (χ3v) is 11.9. The van der Waals surface area contributed by atoms with Crippen LogP contribution in [0.4, 0.5) is 0 Å². The number of carbonyl (C=O) groups excluding carboxylic acids is 7. The molecular formula is C51H75N17O10. The molecule has 27 heteroatoms. The Hall–Kier alpha value is -9.01. The van der Waals surface area contributed by atoms with Crippen molar-refractivity contribution in [1.82, 2.24) is 16.0 Å². The summed E-state index contributed by atoms with van der Waals surface area (Å²) < 4.78 is 16.4. The van der Waals surface area contributed by atoms with Gasteiger partial charge in [-0.3, -0.25) is 53.5 Å². The minimum atomic E-state index is -1.14. The lowest BCUT2D eigenvalue weighted by molar-refractivity contribution is -0.121. The average molecular weight is 1090 g/mol. The maximum Gasteiger partial charge on any atom is 0.255 e. The third-order valence-electron chi connectivity index (χ3n) is 11.9. The molecule has 23 N–H and O–H groups in total. The van der Waals surface area contributed by atoms with Crippen LogP contribution in [-0.2, 0) is 38.4 Å². The van der Waals surface area contributed by atoms with Crippen molar-refractivity contribution < 1.29 is 47.8 Å². The normalized spacial score (nSPS) is 12.2. The highest BCUT2D eigenvalue weighted by Crippen LogP contribution is 2.25. The highest BCUT2D eigenvalue weighted by Gasteiger charge is 2.28. The van der Waals surface area contributed by atoms with Crippen LogP contribution in [0, 0.1) is 0 Å². The van der Waals surface area contributed by atoms with Crippen molar-refractivity contribution in [2.75, 3.05) is 47.5 Å². The van der Waals surface area contributed by atoms with E-state index in [1.165, 1.54) is 57.7 Å². The summed E-state index contributed by atoms with van der Waals surface area (Å²) in [6.45, 7) is 0.771. The van der Waals surface area contributed by atoms with Gasteiger partial charge >= 0.3 is 0 Å². The van der Waals surface area contributed by atoms with Crippen LogP contribution >= 0.6 is 0 Å². The van der Waals surface area contributed by atoms with Crippen molar-refractivity contribution in [1.29, 1.82) is 0 Å². The zero-order valence-corrected chi connectivity index (χ0v) is 44.3. The van der Waals surface area contributed by atoms with Gasteiger partial charge in [0.15, 0.2) is 41.2 Å². The second-order valence-electron chi connectivity index (χ2n) is 17.9. The van der Waals surface area contributed by atoms with Crippen molar-refractivity contribution in [2.45, 2.75) is 94.8 Å². The maximum absolute atomic E-state index is 14.3. The number of methoxy groups -OCH3 is 3. The van der Waals surface area contributed by atoms with E-state index < -0.39 is 59.4 Å². The Labute approximate surface area is 452 Å². The number of hydrogen-bond donors (Lipinski definition) is 13. The molecule has 0 aromatic heterocycles. The van der Waals surface area contributed by atoms with Crippen molar-refractivity contribution in [3.05, 3.63) is 88.0 Å². The van der Waals surface area contributed by atoms with E-state index in [2.05, 4.69) is 35.9 Å². The Morgan fingerprint density at radius 1 is 0.423 bits per heavy atom. The van der Waals surface area contributed by atoms with E-state index >= 15 is 0 Å². The summed E-state index contributed by atoms with van der Waals surface area (Å²) in [5.74, 6) is -4.17. The van der Waals surface area contributed by atoms with Crippen LogP contribution in [0.15, 0.2) is 74.6 Å². The van der Waals surface area contributed by atoms with Crippen LogP contribution in [0.2, 0.25) is 0 Å². The van der Waals surface area contributed by atoms with Crippen molar-refractivity contribution in [3.8, 4) is 17.2 Å². The van der Waals surface area contributed by atoms with E-state index in [4.69, 9.17) is 71.5 Å². The molecule has 27 nitrogen and oxygen atoms in total. The summed E-state index contributed by atoms with van der Waals surface area (Å²) in [4.78, 5) is 111. The minimum Gasteiger partial charge on any atom is -0.496 e. The van der Waals surface area contributed by atoms with Gasteiger partial charge in [-0.1, -0.05) is 18.2 Å². The number of rotatable bonds is 35. The predicted octanol–water partition coefficient (Wildman–Crippen LogP) is -2.23. The Morgan fingerprint density at radius 3 is 1.00 bits per heavy atom. The zero-order chi connectivity index (χ0) is 57.9. The van der Waals surface area contributed by atoms with Gasteiger partial charge < -0.3 is 87.5 Å². The van der Waals surface area contributed by atoms with Gasteiger partial charge in [0, 0.05) is 45.4 Å². The molecule has 78 heavy (non-hydrogen) atoms. The Bertz CT molecular complexity index is 2700. The van der Waals surface area contributed by atoms with Gasteiger partial charge in [0.25, 0.3) is 17.7 Å². The highest BCUT2D eigenvalue weighted by atomic mass is 16.5. The predicted molar refractivity (Wildman–Crippen MR) is 296 cm³/mol. The number of amides is 4. The van der Waals surface area contributed by atoms with Crippen LogP contribution in [0.5, 0.6) is 17.2 Å². The molecule has 4 amide bonds. The molecule has 0 radical (unpaired) electrons. The fourth-order valence-electron chi connectivity index (χ4n) is 7.92. The smallest absolute Gasteiger partial charge is 0.255 e. The maximum atomic E-state index is 14.3. The first-order valence-corrected chi connectivity index (χ1v) is 24.8. The summed E-state index contributed by atoms with van der Waals surface area (Å²) in [6, 6.07) is 9.51. The van der Waals surface area contributed by atoms with E-state index in [0.717, 1.165) is 0 Å². The molecule has 0 bridgehead atoms. The number of nitrogens with zero attached hydrogens (tertiary/aromatic N) is 4. The van der Waals surface area contributed by atoms with Crippen LogP contribution in [0.3, 0.4) is 0 Å². The van der Waals surface area contributed by atoms with Crippen molar-refractivity contribution in [2.24, 2.45) is 77.3 Å². The SMILES string of the molecule is COc1ccc(CC(=O)[C@@H](CCCN=C(N)N)NC(=O)c2cc(CC(=O)[C@@H](CCCN=C(N)N)NC(=O)c3cc(CC(=O)[C@H](N)CCCN=C(N)N)ccc3OC)ccc2OC)cc1C(=O)N[C@H](CCCN=C(N)N)C(N)=O. The second kappa shape index (κ2) is 32.4. The van der Waals surface area contributed by atoms with Gasteiger partial charge in [-0.05, 0) is 104 Å². The number of benzene rings is 3. The van der Waals surface area contributed by atoms with Gasteiger partial charge in [0.2, 0.25) is 5.91 Å².